The van der Waals surface area contributed by atoms with E-state index < -0.39 is 0 Å². The minimum atomic E-state index is 0.00342. The van der Waals surface area contributed by atoms with E-state index in [0.717, 1.165) is 68.8 Å². The Morgan fingerprint density at radius 2 is 0.778 bits per heavy atom. The van der Waals surface area contributed by atoms with Crippen LogP contribution in [0.4, 0.5) is 0 Å². The van der Waals surface area contributed by atoms with Crippen LogP contribution in [-0.4, -0.2) is 36.4 Å². The molecule has 2 amide bonds. The van der Waals surface area contributed by atoms with Gasteiger partial charge in [0.25, 0.3) is 0 Å². The lowest BCUT2D eigenvalue weighted by atomic mass is 10.0. The molecule has 0 aliphatic carbocycles. The van der Waals surface area contributed by atoms with Crippen LogP contribution >= 0.6 is 11.8 Å². The molecule has 0 heterocycles. The van der Waals surface area contributed by atoms with Gasteiger partial charge in [0.15, 0.2) is 23.0 Å². The van der Waals surface area contributed by atoms with Crippen molar-refractivity contribution in [3.63, 3.8) is 0 Å². The number of carbonyl (C=O) groups is 2. The Hall–Kier alpha value is -6.19. The summed E-state index contributed by atoms with van der Waals surface area (Å²) < 4.78 is 25.5. The summed E-state index contributed by atoms with van der Waals surface area (Å²) >= 11 is 1.62. The quantitative estimate of drug-likeness (QED) is 0.0525. The summed E-state index contributed by atoms with van der Waals surface area (Å²) in [6, 6.07) is 48.6. The van der Waals surface area contributed by atoms with Crippen molar-refractivity contribution >= 4 is 23.6 Å². The molecular formula is C54H60N2O6S. The number of hydrogen-bond acceptors (Lipinski definition) is 7. The van der Waals surface area contributed by atoms with Crippen molar-refractivity contribution in [2.75, 3.05) is 24.6 Å². The zero-order chi connectivity index (χ0) is 43.9. The monoisotopic (exact) mass is 864 g/mol. The van der Waals surface area contributed by atoms with Crippen LogP contribution in [0.15, 0.2) is 146 Å². The minimum absolute atomic E-state index is 0.00342. The number of nitrogens with one attached hydrogen (secondary N) is 2. The van der Waals surface area contributed by atoms with E-state index in [1.807, 2.05) is 109 Å². The molecule has 6 aromatic carbocycles. The predicted molar refractivity (Wildman–Crippen MR) is 255 cm³/mol. The summed E-state index contributed by atoms with van der Waals surface area (Å²) in [5, 5.41) is 6.18. The summed E-state index contributed by atoms with van der Waals surface area (Å²) in [6.45, 7) is 7.03. The average Bonchev–Trinajstić information content (AvgIpc) is 3.32. The number of carbonyl (C=O) groups excluding carboxylic acids is 2. The molecule has 6 rings (SSSR count). The van der Waals surface area contributed by atoms with E-state index in [2.05, 4.69) is 60.9 Å². The van der Waals surface area contributed by atoms with E-state index in [1.54, 1.807) is 11.8 Å². The fourth-order valence-corrected chi connectivity index (χ4v) is 8.16. The lowest BCUT2D eigenvalue weighted by Gasteiger charge is -2.19. The zero-order valence-corrected chi connectivity index (χ0v) is 37.4. The topological polar surface area (TPSA) is 95.1 Å². The number of hydrogen-bond donors (Lipinski definition) is 2. The number of benzene rings is 6. The maximum absolute atomic E-state index is 12.8. The summed E-state index contributed by atoms with van der Waals surface area (Å²) in [5.41, 5.74) is 8.76. The van der Waals surface area contributed by atoms with Gasteiger partial charge >= 0.3 is 0 Å². The molecule has 0 radical (unpaired) electrons. The van der Waals surface area contributed by atoms with Gasteiger partial charge in [0.05, 0.1) is 0 Å². The van der Waals surface area contributed by atoms with E-state index in [-0.39, 0.29) is 11.8 Å². The molecule has 2 N–H and O–H groups in total. The van der Waals surface area contributed by atoms with Crippen LogP contribution in [0.2, 0.25) is 0 Å². The van der Waals surface area contributed by atoms with Crippen molar-refractivity contribution in [3.05, 3.63) is 190 Å². The largest absolute Gasteiger partial charge is 0.485 e. The lowest BCUT2D eigenvalue weighted by molar-refractivity contribution is -0.121. The van der Waals surface area contributed by atoms with Gasteiger partial charge in [-0.1, -0.05) is 147 Å². The second-order valence-electron chi connectivity index (χ2n) is 15.2. The number of thioether (sulfide) groups is 1. The molecule has 0 aromatic heterocycles. The van der Waals surface area contributed by atoms with Crippen molar-refractivity contribution in [3.8, 4) is 23.0 Å². The molecule has 328 valence electrons. The fraction of sp³-hybridized carbons (Fsp3) is 0.296. The molecule has 0 saturated carbocycles. The molecule has 0 aliphatic heterocycles. The SMILES string of the molecule is CCc1c(CCNC(=O)CCSCCC(=O)NCCc2ccc(OCc3ccccc3)c(OCc3ccccc3)c2CC)ccc(OCc2ccccc2)c1OCc1ccccc1. The predicted octanol–water partition coefficient (Wildman–Crippen LogP) is 10.7. The average molecular weight is 865 g/mol. The van der Waals surface area contributed by atoms with Crippen molar-refractivity contribution in [2.24, 2.45) is 0 Å². The van der Waals surface area contributed by atoms with Crippen LogP contribution in [0.1, 0.15) is 71.2 Å². The first kappa shape index (κ1) is 46.3. The molecule has 9 heteroatoms. The van der Waals surface area contributed by atoms with Crippen LogP contribution < -0.4 is 29.6 Å². The van der Waals surface area contributed by atoms with E-state index in [4.69, 9.17) is 18.9 Å². The van der Waals surface area contributed by atoms with Crippen molar-refractivity contribution in [2.45, 2.75) is 78.8 Å². The first-order valence-electron chi connectivity index (χ1n) is 22.1. The van der Waals surface area contributed by atoms with Gasteiger partial charge in [-0.3, -0.25) is 9.59 Å². The molecule has 0 aliphatic rings. The van der Waals surface area contributed by atoms with Gasteiger partial charge in [0.2, 0.25) is 11.8 Å². The number of ether oxygens (including phenoxy) is 4. The summed E-state index contributed by atoms with van der Waals surface area (Å²) in [5.74, 6) is 4.24. The molecule has 6 aromatic rings. The molecule has 0 saturated heterocycles. The van der Waals surface area contributed by atoms with Crippen molar-refractivity contribution in [1.82, 2.24) is 10.6 Å². The summed E-state index contributed by atoms with van der Waals surface area (Å²) in [6.07, 6.45) is 3.67. The van der Waals surface area contributed by atoms with Gasteiger partial charge in [0.1, 0.15) is 26.4 Å². The van der Waals surface area contributed by atoms with Gasteiger partial charge in [-0.05, 0) is 71.2 Å². The molecule has 0 bridgehead atoms. The van der Waals surface area contributed by atoms with Crippen LogP contribution in [-0.2, 0) is 61.7 Å². The Kier molecular flexibility index (Phi) is 18.9. The Labute approximate surface area is 377 Å². The van der Waals surface area contributed by atoms with E-state index >= 15 is 0 Å². The Balaban J connectivity index is 0.926. The standard InChI is InChI=1S/C54H60N2O6S/c1-3-47-45(25-27-49(59-37-41-17-9-5-10-18-41)53(47)61-39-43-21-13-7-14-22-43)29-33-55-51(57)31-35-63-36-32-52(58)56-34-30-46-26-28-50(60-38-42-19-11-6-12-20-42)54(48(46)4-2)62-40-44-23-15-8-16-24-44/h5-28H,3-4,29-40H2,1-2H3,(H,55,57)(H,56,58). The Bertz CT molecular complexity index is 2130. The highest BCUT2D eigenvalue weighted by Crippen LogP contribution is 2.37. The van der Waals surface area contributed by atoms with Gasteiger partial charge in [-0.25, -0.2) is 0 Å². The first-order valence-corrected chi connectivity index (χ1v) is 23.2. The third kappa shape index (κ3) is 15.0. The second kappa shape index (κ2) is 25.7. The summed E-state index contributed by atoms with van der Waals surface area (Å²) in [7, 11) is 0. The molecule has 63 heavy (non-hydrogen) atoms. The smallest absolute Gasteiger partial charge is 0.220 e. The van der Waals surface area contributed by atoms with Gasteiger partial charge < -0.3 is 29.6 Å². The third-order valence-corrected chi connectivity index (χ3v) is 11.6. The van der Waals surface area contributed by atoms with Crippen LogP contribution in [0, 0.1) is 0 Å². The molecule has 0 fully saturated rings. The zero-order valence-electron chi connectivity index (χ0n) is 36.6. The highest BCUT2D eigenvalue weighted by Gasteiger charge is 2.18. The number of amides is 2. The van der Waals surface area contributed by atoms with Crippen LogP contribution in [0.5, 0.6) is 23.0 Å². The maximum Gasteiger partial charge on any atom is 0.220 e. The minimum Gasteiger partial charge on any atom is -0.485 e. The van der Waals surface area contributed by atoms with Crippen LogP contribution in [0.3, 0.4) is 0 Å². The third-order valence-electron chi connectivity index (χ3n) is 10.7. The fourth-order valence-electron chi connectivity index (χ4n) is 7.29. The molecule has 8 nitrogen and oxygen atoms in total. The highest BCUT2D eigenvalue weighted by molar-refractivity contribution is 7.99. The lowest BCUT2D eigenvalue weighted by Crippen LogP contribution is -2.27. The highest BCUT2D eigenvalue weighted by atomic mass is 32.2. The normalized spacial score (nSPS) is 10.8. The Morgan fingerprint density at radius 1 is 0.444 bits per heavy atom. The first-order chi connectivity index (χ1) is 31.0. The van der Waals surface area contributed by atoms with Crippen molar-refractivity contribution in [1.29, 1.82) is 0 Å². The summed E-state index contributed by atoms with van der Waals surface area (Å²) in [4.78, 5) is 25.6. The van der Waals surface area contributed by atoms with Gasteiger partial charge in [-0.15, -0.1) is 0 Å². The maximum atomic E-state index is 12.8. The van der Waals surface area contributed by atoms with Crippen LogP contribution in [0.25, 0.3) is 0 Å². The molecular weight excluding hydrogens is 805 g/mol. The second-order valence-corrected chi connectivity index (χ2v) is 16.4. The molecule has 0 unspecified atom stereocenters. The molecule has 0 spiro atoms. The number of rotatable bonds is 26. The van der Waals surface area contributed by atoms with E-state index in [0.29, 0.717) is 88.2 Å². The van der Waals surface area contributed by atoms with E-state index in [1.165, 1.54) is 0 Å². The van der Waals surface area contributed by atoms with Crippen molar-refractivity contribution < 1.29 is 28.5 Å². The Morgan fingerprint density at radius 3 is 1.11 bits per heavy atom. The van der Waals surface area contributed by atoms with Gasteiger partial charge in [0, 0.05) is 48.6 Å². The van der Waals surface area contributed by atoms with Gasteiger partial charge in [-0.2, -0.15) is 11.8 Å². The molecule has 0 atom stereocenters. The van der Waals surface area contributed by atoms with E-state index in [9.17, 15) is 9.59 Å².